The van der Waals surface area contributed by atoms with E-state index in [2.05, 4.69) is 44.7 Å². The van der Waals surface area contributed by atoms with Crippen molar-refractivity contribution in [1.82, 2.24) is 24.3 Å². The highest BCUT2D eigenvalue weighted by Gasteiger charge is 2.41. The third-order valence-electron chi connectivity index (χ3n) is 9.27. The van der Waals surface area contributed by atoms with Crippen molar-refractivity contribution in [2.75, 3.05) is 25.9 Å². The largest absolute Gasteiger partial charge is 0.457 e. The predicted molar refractivity (Wildman–Crippen MR) is 151 cm³/mol. The van der Waals surface area contributed by atoms with E-state index in [0.717, 1.165) is 77.7 Å². The second-order valence-corrected chi connectivity index (χ2v) is 11.3. The van der Waals surface area contributed by atoms with Gasteiger partial charge in [-0.3, -0.25) is 0 Å². The molecule has 4 aromatic rings. The number of hydrogen-bond donors (Lipinski definition) is 1. The molecule has 7 heteroatoms. The summed E-state index contributed by atoms with van der Waals surface area (Å²) in [6.45, 7) is 2.30. The van der Waals surface area contributed by atoms with E-state index in [1.165, 1.54) is 25.7 Å². The van der Waals surface area contributed by atoms with Crippen LogP contribution in [0.1, 0.15) is 44.6 Å². The first-order valence-corrected chi connectivity index (χ1v) is 14.0. The zero-order chi connectivity index (χ0) is 25.6. The molecule has 2 unspecified atom stereocenters. The Kier molecular flexibility index (Phi) is 6.05. The lowest BCUT2D eigenvalue weighted by Gasteiger charge is -2.44. The van der Waals surface area contributed by atoms with E-state index in [1.54, 1.807) is 6.33 Å². The second-order valence-electron chi connectivity index (χ2n) is 11.3. The number of benzene rings is 2. The number of fused-ring (bicyclic) bond motifs is 3. The normalized spacial score (nSPS) is 24.7. The van der Waals surface area contributed by atoms with Gasteiger partial charge in [-0.15, -0.1) is 0 Å². The second kappa shape index (κ2) is 9.71. The summed E-state index contributed by atoms with van der Waals surface area (Å²) in [6, 6.07) is 20.8. The van der Waals surface area contributed by atoms with Crippen molar-refractivity contribution >= 4 is 16.9 Å². The summed E-state index contributed by atoms with van der Waals surface area (Å²) in [7, 11) is 2.33. The molecule has 196 valence electrons. The number of nitrogens with zero attached hydrogens (tertiary/aromatic N) is 5. The Morgan fingerprint density at radius 2 is 1.47 bits per heavy atom. The highest BCUT2D eigenvalue weighted by molar-refractivity contribution is 6.00. The maximum atomic E-state index is 6.43. The summed E-state index contributed by atoms with van der Waals surface area (Å²) in [6.07, 6.45) is 11.6. The lowest BCUT2D eigenvalue weighted by atomic mass is 9.93. The third kappa shape index (κ3) is 4.24. The van der Waals surface area contributed by atoms with Gasteiger partial charge in [0.15, 0.2) is 0 Å². The molecule has 2 atom stereocenters. The highest BCUT2D eigenvalue weighted by Crippen LogP contribution is 2.40. The van der Waals surface area contributed by atoms with Crippen molar-refractivity contribution in [2.24, 2.45) is 0 Å². The molecule has 5 heterocycles. The molecule has 0 aliphatic carbocycles. The molecule has 3 aliphatic heterocycles. The van der Waals surface area contributed by atoms with Gasteiger partial charge in [0.25, 0.3) is 0 Å². The molecule has 0 amide bonds. The van der Waals surface area contributed by atoms with Gasteiger partial charge < -0.3 is 24.8 Å². The van der Waals surface area contributed by atoms with Crippen molar-refractivity contribution in [2.45, 2.75) is 62.7 Å². The van der Waals surface area contributed by atoms with Gasteiger partial charge in [-0.2, -0.15) is 0 Å². The number of rotatable bonds is 5. The molecule has 7 rings (SSSR count). The minimum atomic E-state index is 0.417. The van der Waals surface area contributed by atoms with Crippen molar-refractivity contribution in [3.05, 3.63) is 67.1 Å². The lowest BCUT2D eigenvalue weighted by molar-refractivity contribution is 0.0547. The molecule has 2 aromatic heterocycles. The molecule has 0 spiro atoms. The molecule has 7 nitrogen and oxygen atoms in total. The Labute approximate surface area is 224 Å². The van der Waals surface area contributed by atoms with Gasteiger partial charge in [-0.05, 0) is 75.4 Å². The number of ether oxygens (including phenoxy) is 1. The fourth-order valence-electron chi connectivity index (χ4n) is 7.14. The number of aromatic nitrogens is 3. The number of hydrogen-bond acceptors (Lipinski definition) is 6. The molecule has 0 radical (unpaired) electrons. The molecule has 38 heavy (non-hydrogen) atoms. The first-order valence-electron chi connectivity index (χ1n) is 14.0. The van der Waals surface area contributed by atoms with Crippen LogP contribution < -0.4 is 10.5 Å². The van der Waals surface area contributed by atoms with Crippen molar-refractivity contribution in [3.8, 4) is 22.6 Å². The van der Waals surface area contributed by atoms with Gasteiger partial charge in [-0.1, -0.05) is 30.3 Å². The Hall–Kier alpha value is -3.42. The number of nitrogens with two attached hydrogens (primary N) is 1. The Morgan fingerprint density at radius 1 is 0.789 bits per heavy atom. The molecule has 3 fully saturated rings. The van der Waals surface area contributed by atoms with Crippen LogP contribution in [-0.2, 0) is 0 Å². The van der Waals surface area contributed by atoms with Crippen molar-refractivity contribution in [1.29, 1.82) is 0 Å². The fraction of sp³-hybridized carbons (Fsp3) is 0.419. The maximum absolute atomic E-state index is 6.43. The van der Waals surface area contributed by atoms with Gasteiger partial charge in [0, 0.05) is 49.0 Å². The monoisotopic (exact) mass is 508 g/mol. The molecule has 0 saturated carbocycles. The molecule has 3 saturated heterocycles. The summed E-state index contributed by atoms with van der Waals surface area (Å²) in [5.41, 5.74) is 9.54. The van der Waals surface area contributed by atoms with Crippen LogP contribution in [0, 0.1) is 0 Å². The zero-order valence-electron chi connectivity index (χ0n) is 22.0. The number of likely N-dealkylation sites (tertiary alicyclic amines) is 1. The number of nitrogen functional groups attached to an aromatic ring is 1. The molecule has 2 bridgehead atoms. The predicted octanol–water partition coefficient (Wildman–Crippen LogP) is 5.73. The van der Waals surface area contributed by atoms with Crippen LogP contribution in [0.4, 0.5) is 5.82 Å². The van der Waals surface area contributed by atoms with E-state index in [-0.39, 0.29) is 0 Å². The average molecular weight is 509 g/mol. The average Bonchev–Trinajstić information content (AvgIpc) is 3.42. The molecule has 3 aliphatic rings. The van der Waals surface area contributed by atoms with Gasteiger partial charge in [0.05, 0.1) is 5.39 Å². The number of piperidine rings is 2. The Morgan fingerprint density at radius 3 is 2.18 bits per heavy atom. The summed E-state index contributed by atoms with van der Waals surface area (Å²) in [5.74, 6) is 2.17. The van der Waals surface area contributed by atoms with E-state index >= 15 is 0 Å². The summed E-state index contributed by atoms with van der Waals surface area (Å²) >= 11 is 0. The van der Waals surface area contributed by atoms with Crippen LogP contribution in [0.2, 0.25) is 0 Å². The highest BCUT2D eigenvalue weighted by atomic mass is 16.5. The number of anilines is 1. The summed E-state index contributed by atoms with van der Waals surface area (Å²) in [5, 5.41) is 0.943. The van der Waals surface area contributed by atoms with Crippen LogP contribution in [0.25, 0.3) is 22.2 Å². The maximum Gasteiger partial charge on any atom is 0.146 e. The number of para-hydroxylation sites is 1. The van der Waals surface area contributed by atoms with E-state index in [1.807, 2.05) is 42.5 Å². The first kappa shape index (κ1) is 23.7. The minimum Gasteiger partial charge on any atom is -0.457 e. The van der Waals surface area contributed by atoms with E-state index in [0.29, 0.717) is 11.9 Å². The summed E-state index contributed by atoms with van der Waals surface area (Å²) in [4.78, 5) is 14.5. The minimum absolute atomic E-state index is 0.417. The Bertz CT molecular complexity index is 1400. The van der Waals surface area contributed by atoms with E-state index in [9.17, 15) is 0 Å². The molecule has 2 aromatic carbocycles. The SMILES string of the molecule is CN1C2CCC1CC(N1CCC(n3cc(-c4ccc(Oc5ccccc5)cc4)c4c(N)ncnc43)CC1)C2. The molecule has 2 N–H and O–H groups in total. The van der Waals surface area contributed by atoms with Crippen molar-refractivity contribution in [3.63, 3.8) is 0 Å². The lowest BCUT2D eigenvalue weighted by Crippen LogP contribution is -2.51. The van der Waals surface area contributed by atoms with Crippen LogP contribution in [0.5, 0.6) is 11.5 Å². The van der Waals surface area contributed by atoms with Crippen molar-refractivity contribution < 1.29 is 4.74 Å². The topological polar surface area (TPSA) is 72.4 Å². The van der Waals surface area contributed by atoms with Gasteiger partial charge in [0.2, 0.25) is 0 Å². The van der Waals surface area contributed by atoms with E-state index < -0.39 is 0 Å². The van der Waals surface area contributed by atoms with Crippen LogP contribution in [-0.4, -0.2) is 62.6 Å². The fourth-order valence-corrected chi connectivity index (χ4v) is 7.14. The van der Waals surface area contributed by atoms with Crippen LogP contribution >= 0.6 is 0 Å². The van der Waals surface area contributed by atoms with Crippen LogP contribution in [0.15, 0.2) is 67.1 Å². The first-order chi connectivity index (χ1) is 18.6. The zero-order valence-corrected chi connectivity index (χ0v) is 22.0. The van der Waals surface area contributed by atoms with Gasteiger partial charge >= 0.3 is 0 Å². The van der Waals surface area contributed by atoms with Crippen LogP contribution in [0.3, 0.4) is 0 Å². The Balaban J connectivity index is 1.11. The van der Waals surface area contributed by atoms with Gasteiger partial charge in [-0.25, -0.2) is 9.97 Å². The standard InChI is InChI=1S/C31H36N6O/c1-35-23-9-10-24(35)18-25(17-23)36-15-13-22(14-16-36)37-19-28(29-30(32)33-20-34-31(29)37)21-7-11-27(12-8-21)38-26-5-3-2-4-6-26/h2-8,11-12,19-20,22-25H,9-10,13-18H2,1H3,(H2,32,33,34). The smallest absolute Gasteiger partial charge is 0.146 e. The third-order valence-corrected chi connectivity index (χ3v) is 9.27. The molecular weight excluding hydrogens is 472 g/mol. The van der Waals surface area contributed by atoms with Gasteiger partial charge in [0.1, 0.15) is 29.3 Å². The quantitative estimate of drug-likeness (QED) is 0.371. The summed E-state index contributed by atoms with van der Waals surface area (Å²) < 4.78 is 8.37. The molecular formula is C31H36N6O. The van der Waals surface area contributed by atoms with E-state index in [4.69, 9.17) is 15.5 Å².